The van der Waals surface area contributed by atoms with Crippen molar-refractivity contribution in [3.8, 4) is 0 Å². The van der Waals surface area contributed by atoms with Gasteiger partial charge < -0.3 is 0 Å². The van der Waals surface area contributed by atoms with Gasteiger partial charge in [0.2, 0.25) is 10.0 Å². The highest BCUT2D eigenvalue weighted by Crippen LogP contribution is 2.49. The summed E-state index contributed by atoms with van der Waals surface area (Å²) >= 11 is 0. The maximum absolute atomic E-state index is 13.4. The fourth-order valence-corrected chi connectivity index (χ4v) is 5.60. The molecule has 31 heavy (non-hydrogen) atoms. The highest BCUT2D eigenvalue weighted by Gasteiger charge is 2.60. The smallest absolute Gasteiger partial charge is 0.244 e. The summed E-state index contributed by atoms with van der Waals surface area (Å²) in [6, 6.07) is 22.4. The molecule has 1 fully saturated rings. The van der Waals surface area contributed by atoms with Crippen LogP contribution in [0.3, 0.4) is 0 Å². The molecule has 1 aliphatic heterocycles. The van der Waals surface area contributed by atoms with E-state index in [1.165, 1.54) is 4.31 Å². The number of nitrogens with zero attached hydrogens (tertiary/aromatic N) is 1. The van der Waals surface area contributed by atoms with Crippen molar-refractivity contribution in [1.29, 1.82) is 0 Å². The minimum Gasteiger partial charge on any atom is -0.292 e. The average Bonchev–Trinajstić information content (AvgIpc) is 3.50. The van der Waals surface area contributed by atoms with Crippen molar-refractivity contribution >= 4 is 15.8 Å². The Bertz CT molecular complexity index is 1190. The number of hydrogen-bond donors (Lipinski definition) is 0. The molecule has 1 saturated heterocycles. The Morgan fingerprint density at radius 1 is 0.839 bits per heavy atom. The molecule has 3 aromatic rings. The molecule has 1 unspecified atom stereocenters. The molecule has 0 aromatic heterocycles. The van der Waals surface area contributed by atoms with Gasteiger partial charge >= 0.3 is 0 Å². The van der Waals surface area contributed by atoms with Gasteiger partial charge in [-0.05, 0) is 35.6 Å². The lowest BCUT2D eigenvalue weighted by atomic mass is 9.86. The molecule has 0 amide bonds. The summed E-state index contributed by atoms with van der Waals surface area (Å²) < 4.78 is 28.1. The number of rotatable bonds is 5. The molecule has 3 aromatic carbocycles. The maximum atomic E-state index is 13.4. The van der Waals surface area contributed by atoms with Crippen molar-refractivity contribution in [2.45, 2.75) is 50.1 Å². The van der Waals surface area contributed by atoms with Crippen LogP contribution in [-0.2, 0) is 15.4 Å². The highest BCUT2D eigenvalue weighted by atomic mass is 32.2. The first-order valence-electron chi connectivity index (χ1n) is 10.4. The van der Waals surface area contributed by atoms with E-state index in [1.807, 2.05) is 49.4 Å². The van der Waals surface area contributed by atoms with Gasteiger partial charge in [-0.15, -0.1) is 0 Å². The normalized spacial score (nSPS) is 21.0. The SMILES string of the molecule is Cc1ccc(S(=O)(=O)N2[C@@H](C(=O)c3ccc(C(C)(C)C)cc3)[C@@H]2c2ccccc2)cc1. The van der Waals surface area contributed by atoms with E-state index in [2.05, 4.69) is 20.8 Å². The molecule has 4 rings (SSSR count). The molecule has 3 atom stereocenters. The fraction of sp³-hybridized carbons (Fsp3) is 0.269. The standard InChI is InChI=1S/C26H27NO3S/c1-18-10-16-22(17-11-18)31(29,30)27-23(19-8-6-5-7-9-19)24(27)25(28)20-12-14-21(15-13-20)26(2,3)4/h5-17,23-24H,1-4H3/t23-,24+,27?/m0/s1. The second-order valence-electron chi connectivity index (χ2n) is 9.14. The number of benzene rings is 3. The van der Waals surface area contributed by atoms with Crippen LogP contribution in [0.1, 0.15) is 53.9 Å². The van der Waals surface area contributed by atoms with Gasteiger partial charge in [-0.1, -0.05) is 93.1 Å². The van der Waals surface area contributed by atoms with Gasteiger partial charge in [-0.3, -0.25) is 4.79 Å². The second-order valence-corrected chi connectivity index (χ2v) is 11.0. The van der Waals surface area contributed by atoms with Crippen LogP contribution in [-0.4, -0.2) is 24.5 Å². The van der Waals surface area contributed by atoms with E-state index in [9.17, 15) is 13.2 Å². The van der Waals surface area contributed by atoms with Crippen molar-refractivity contribution < 1.29 is 13.2 Å². The number of carbonyl (C=O) groups excluding carboxylic acids is 1. The predicted molar refractivity (Wildman–Crippen MR) is 123 cm³/mol. The first-order chi connectivity index (χ1) is 14.6. The summed E-state index contributed by atoms with van der Waals surface area (Å²) in [5.74, 6) is -0.176. The Morgan fingerprint density at radius 3 is 1.97 bits per heavy atom. The second kappa shape index (κ2) is 7.74. The lowest BCUT2D eigenvalue weighted by Gasteiger charge is -2.19. The molecule has 0 aliphatic carbocycles. The van der Waals surface area contributed by atoms with E-state index >= 15 is 0 Å². The van der Waals surface area contributed by atoms with Gasteiger partial charge in [0.1, 0.15) is 6.04 Å². The van der Waals surface area contributed by atoms with Gasteiger partial charge in [0.15, 0.2) is 5.78 Å². The Balaban J connectivity index is 1.70. The van der Waals surface area contributed by atoms with Crippen LogP contribution in [0.4, 0.5) is 0 Å². The van der Waals surface area contributed by atoms with E-state index in [1.54, 1.807) is 36.4 Å². The van der Waals surface area contributed by atoms with Gasteiger partial charge in [0, 0.05) is 5.56 Å². The van der Waals surface area contributed by atoms with Crippen molar-refractivity contribution in [3.05, 3.63) is 101 Å². The van der Waals surface area contributed by atoms with Crippen molar-refractivity contribution in [3.63, 3.8) is 0 Å². The van der Waals surface area contributed by atoms with Crippen LogP contribution in [0, 0.1) is 6.92 Å². The van der Waals surface area contributed by atoms with E-state index in [0.717, 1.165) is 16.7 Å². The van der Waals surface area contributed by atoms with Crippen LogP contribution in [0.2, 0.25) is 0 Å². The largest absolute Gasteiger partial charge is 0.292 e. The van der Waals surface area contributed by atoms with Crippen molar-refractivity contribution in [1.82, 2.24) is 4.31 Å². The Labute approximate surface area is 184 Å². The van der Waals surface area contributed by atoms with Gasteiger partial charge in [-0.25, -0.2) is 8.42 Å². The minimum absolute atomic E-state index is 0.0193. The first kappa shape index (κ1) is 21.5. The van der Waals surface area contributed by atoms with Crippen LogP contribution >= 0.6 is 0 Å². The summed E-state index contributed by atoms with van der Waals surface area (Å²) in [6.45, 7) is 8.26. The summed E-state index contributed by atoms with van der Waals surface area (Å²) in [6.07, 6.45) is 0. The molecule has 0 N–H and O–H groups in total. The number of hydrogen-bond acceptors (Lipinski definition) is 3. The van der Waals surface area contributed by atoms with E-state index in [0.29, 0.717) is 5.56 Å². The highest BCUT2D eigenvalue weighted by molar-refractivity contribution is 7.89. The summed E-state index contributed by atoms with van der Waals surface area (Å²) in [5, 5.41) is 0. The molecule has 5 heteroatoms. The molecule has 1 heterocycles. The zero-order valence-corrected chi connectivity index (χ0v) is 19.1. The van der Waals surface area contributed by atoms with E-state index in [4.69, 9.17) is 0 Å². The lowest BCUT2D eigenvalue weighted by molar-refractivity contribution is 0.0981. The quantitative estimate of drug-likeness (QED) is 0.406. The van der Waals surface area contributed by atoms with Crippen LogP contribution in [0.5, 0.6) is 0 Å². The summed E-state index contributed by atoms with van der Waals surface area (Å²) in [7, 11) is -3.80. The molecule has 1 aliphatic rings. The third-order valence-electron chi connectivity index (χ3n) is 5.80. The number of ketones is 1. The fourth-order valence-electron chi connectivity index (χ4n) is 3.89. The number of Topliss-reactive ketones (excluding diaryl/α,β-unsaturated/α-hetero) is 1. The van der Waals surface area contributed by atoms with Crippen molar-refractivity contribution in [2.24, 2.45) is 0 Å². The van der Waals surface area contributed by atoms with Crippen molar-refractivity contribution in [2.75, 3.05) is 0 Å². The summed E-state index contributed by atoms with van der Waals surface area (Å²) in [4.78, 5) is 13.6. The van der Waals surface area contributed by atoms with E-state index in [-0.39, 0.29) is 16.1 Å². The molecule has 0 radical (unpaired) electrons. The van der Waals surface area contributed by atoms with Gasteiger partial charge in [0.05, 0.1) is 10.9 Å². The number of sulfonamides is 1. The molecule has 0 bridgehead atoms. The molecule has 0 saturated carbocycles. The average molecular weight is 434 g/mol. The minimum atomic E-state index is -3.80. The Hall–Kier alpha value is -2.76. The van der Waals surface area contributed by atoms with Crippen LogP contribution in [0.15, 0.2) is 83.8 Å². The molecular weight excluding hydrogens is 406 g/mol. The zero-order chi connectivity index (χ0) is 22.4. The molecule has 160 valence electrons. The zero-order valence-electron chi connectivity index (χ0n) is 18.2. The molecular formula is C26H27NO3S. The first-order valence-corrected chi connectivity index (χ1v) is 11.8. The van der Waals surface area contributed by atoms with Gasteiger partial charge in [0.25, 0.3) is 0 Å². The van der Waals surface area contributed by atoms with Crippen LogP contribution < -0.4 is 0 Å². The maximum Gasteiger partial charge on any atom is 0.244 e. The third-order valence-corrected chi connectivity index (χ3v) is 7.68. The predicted octanol–water partition coefficient (Wildman–Crippen LogP) is 5.29. The lowest BCUT2D eigenvalue weighted by Crippen LogP contribution is -2.20. The third kappa shape index (κ3) is 4.08. The monoisotopic (exact) mass is 433 g/mol. The van der Waals surface area contributed by atoms with Gasteiger partial charge in [-0.2, -0.15) is 4.31 Å². The van der Waals surface area contributed by atoms with E-state index < -0.39 is 22.1 Å². The number of carbonyl (C=O) groups is 1. The molecule has 4 nitrogen and oxygen atoms in total. The Kier molecular flexibility index (Phi) is 5.36. The molecule has 0 spiro atoms. The van der Waals surface area contributed by atoms with Crippen LogP contribution in [0.25, 0.3) is 0 Å². The topological polar surface area (TPSA) is 54.2 Å². The number of aryl methyl sites for hydroxylation is 1. The Morgan fingerprint density at radius 2 is 1.42 bits per heavy atom. The summed E-state index contributed by atoms with van der Waals surface area (Å²) in [5.41, 5.74) is 3.44.